The van der Waals surface area contributed by atoms with Crippen molar-refractivity contribution in [3.63, 3.8) is 0 Å². The van der Waals surface area contributed by atoms with Gasteiger partial charge in [-0.15, -0.1) is 0 Å². The molecule has 1 aliphatic rings. The summed E-state index contributed by atoms with van der Waals surface area (Å²) in [6.45, 7) is 1.23. The highest BCUT2D eigenvalue weighted by molar-refractivity contribution is 7.76. The van der Waals surface area contributed by atoms with Gasteiger partial charge in [0.05, 0.1) is 0 Å². The van der Waals surface area contributed by atoms with Gasteiger partial charge in [0.15, 0.2) is 0 Å². The number of rotatable bonds is 2. The van der Waals surface area contributed by atoms with Gasteiger partial charge in [-0.25, -0.2) is 12.9 Å². The van der Waals surface area contributed by atoms with Crippen LogP contribution in [-0.4, -0.2) is 26.2 Å². The Kier molecular flexibility index (Phi) is 3.68. The lowest BCUT2D eigenvalue weighted by Crippen LogP contribution is -2.34. The fraction of sp³-hybridized carbons (Fsp3) is 0.455. The fourth-order valence-corrected chi connectivity index (χ4v) is 2.60. The van der Waals surface area contributed by atoms with E-state index >= 15 is 0 Å². The summed E-state index contributed by atoms with van der Waals surface area (Å²) >= 11 is -1.85. The highest BCUT2D eigenvalue weighted by Crippen LogP contribution is 2.28. The minimum atomic E-state index is -1.85. The summed E-state index contributed by atoms with van der Waals surface area (Å²) in [6, 6.07) is 6.52. The molecular weight excluding hydrogens is 229 g/mol. The molecule has 1 N–H and O–H groups in total. The van der Waals surface area contributed by atoms with Gasteiger partial charge in [-0.05, 0) is 36.5 Å². The molecule has 0 aliphatic carbocycles. The van der Waals surface area contributed by atoms with Crippen LogP contribution in [0.1, 0.15) is 24.3 Å². The summed E-state index contributed by atoms with van der Waals surface area (Å²) in [5.74, 6) is 0.151. The molecule has 0 spiro atoms. The van der Waals surface area contributed by atoms with Crippen molar-refractivity contribution < 1.29 is 13.2 Å². The standard InChI is InChI=1S/C11H14FNO2S/c12-11-3-1-9(2-4-11)10-5-7-13(8-6-10)16(14)15/h1-4,10H,5-8H2,(H,14,15). The fourth-order valence-electron chi connectivity index (χ4n) is 2.08. The lowest BCUT2D eigenvalue weighted by atomic mass is 9.90. The Balaban J connectivity index is 1.99. The summed E-state index contributed by atoms with van der Waals surface area (Å²) in [4.78, 5) is 0. The van der Waals surface area contributed by atoms with Crippen LogP contribution in [0.25, 0.3) is 0 Å². The van der Waals surface area contributed by atoms with Crippen molar-refractivity contribution in [2.45, 2.75) is 18.8 Å². The van der Waals surface area contributed by atoms with Gasteiger partial charge in [-0.1, -0.05) is 12.1 Å². The van der Waals surface area contributed by atoms with Gasteiger partial charge < -0.3 is 0 Å². The van der Waals surface area contributed by atoms with Crippen molar-refractivity contribution >= 4 is 11.3 Å². The molecule has 5 heteroatoms. The Bertz CT molecular complexity index is 374. The van der Waals surface area contributed by atoms with Gasteiger partial charge in [-0.3, -0.25) is 4.55 Å². The van der Waals surface area contributed by atoms with Crippen molar-refractivity contribution in [2.24, 2.45) is 0 Å². The second-order valence-electron chi connectivity index (χ2n) is 3.99. The maximum absolute atomic E-state index is 12.7. The van der Waals surface area contributed by atoms with Crippen molar-refractivity contribution in [3.8, 4) is 0 Å². The topological polar surface area (TPSA) is 40.5 Å². The first-order valence-corrected chi connectivity index (χ1v) is 6.34. The first-order chi connectivity index (χ1) is 7.66. The van der Waals surface area contributed by atoms with Crippen LogP contribution in [0.4, 0.5) is 4.39 Å². The van der Waals surface area contributed by atoms with Crippen molar-refractivity contribution in [2.75, 3.05) is 13.1 Å². The number of halogens is 1. The van der Waals surface area contributed by atoms with E-state index in [-0.39, 0.29) is 5.82 Å². The molecule has 2 rings (SSSR count). The van der Waals surface area contributed by atoms with E-state index in [0.29, 0.717) is 19.0 Å². The molecule has 1 aromatic rings. The Hall–Kier alpha value is -0.780. The lowest BCUT2D eigenvalue weighted by Gasteiger charge is -2.29. The maximum Gasteiger partial charge on any atom is 0.234 e. The molecule has 16 heavy (non-hydrogen) atoms. The van der Waals surface area contributed by atoms with E-state index in [1.807, 2.05) is 0 Å². The normalized spacial score (nSPS) is 20.9. The zero-order valence-corrected chi connectivity index (χ0v) is 9.62. The van der Waals surface area contributed by atoms with Crippen LogP contribution in [0.5, 0.6) is 0 Å². The van der Waals surface area contributed by atoms with Crippen LogP contribution in [0.15, 0.2) is 24.3 Å². The van der Waals surface area contributed by atoms with Crippen LogP contribution < -0.4 is 0 Å². The number of nitrogens with zero attached hydrogens (tertiary/aromatic N) is 1. The Morgan fingerprint density at radius 2 is 1.81 bits per heavy atom. The number of piperidine rings is 1. The molecule has 3 nitrogen and oxygen atoms in total. The molecule has 0 saturated carbocycles. The molecule has 1 atom stereocenters. The monoisotopic (exact) mass is 243 g/mol. The van der Waals surface area contributed by atoms with E-state index in [4.69, 9.17) is 4.55 Å². The summed E-state index contributed by atoms with van der Waals surface area (Å²) in [6.07, 6.45) is 1.69. The SMILES string of the molecule is O=S(O)N1CCC(c2ccc(F)cc2)CC1. The Morgan fingerprint density at radius 1 is 1.25 bits per heavy atom. The molecule has 88 valence electrons. The van der Waals surface area contributed by atoms with Gasteiger partial charge in [-0.2, -0.15) is 0 Å². The minimum absolute atomic E-state index is 0.224. The van der Waals surface area contributed by atoms with E-state index in [2.05, 4.69) is 0 Å². The molecule has 0 radical (unpaired) electrons. The third-order valence-electron chi connectivity index (χ3n) is 3.02. The molecule has 0 aromatic heterocycles. The average Bonchev–Trinajstić information content (AvgIpc) is 2.30. The van der Waals surface area contributed by atoms with Gasteiger partial charge in [0.1, 0.15) is 5.82 Å². The number of benzene rings is 1. The van der Waals surface area contributed by atoms with Crippen molar-refractivity contribution in [1.29, 1.82) is 0 Å². The highest BCUT2D eigenvalue weighted by Gasteiger charge is 2.23. The van der Waals surface area contributed by atoms with Crippen molar-refractivity contribution in [1.82, 2.24) is 4.31 Å². The summed E-state index contributed by atoms with van der Waals surface area (Å²) < 4.78 is 34.0. The average molecular weight is 243 g/mol. The van der Waals surface area contributed by atoms with E-state index in [9.17, 15) is 8.60 Å². The predicted octanol–water partition coefficient (Wildman–Crippen LogP) is 2.14. The number of hydrogen-bond donors (Lipinski definition) is 1. The summed E-state index contributed by atoms with van der Waals surface area (Å²) in [7, 11) is 0. The molecule has 1 aromatic carbocycles. The highest BCUT2D eigenvalue weighted by atomic mass is 32.2. The summed E-state index contributed by atoms with van der Waals surface area (Å²) in [5, 5.41) is 0. The largest absolute Gasteiger partial charge is 0.294 e. The molecule has 0 bridgehead atoms. The molecule has 1 aliphatic heterocycles. The predicted molar refractivity (Wildman–Crippen MR) is 60.7 cm³/mol. The third-order valence-corrected chi connectivity index (χ3v) is 3.82. The summed E-state index contributed by atoms with van der Waals surface area (Å²) in [5.41, 5.74) is 1.12. The minimum Gasteiger partial charge on any atom is -0.294 e. The molecular formula is C11H14FNO2S. The smallest absolute Gasteiger partial charge is 0.234 e. The maximum atomic E-state index is 12.7. The number of hydrogen-bond acceptors (Lipinski definition) is 1. The van der Waals surface area contributed by atoms with E-state index in [1.54, 1.807) is 16.4 Å². The van der Waals surface area contributed by atoms with Gasteiger partial charge in [0.25, 0.3) is 0 Å². The molecule has 1 fully saturated rings. The first kappa shape index (κ1) is 11.7. The van der Waals surface area contributed by atoms with Gasteiger partial charge >= 0.3 is 0 Å². The van der Waals surface area contributed by atoms with Crippen LogP contribution in [0, 0.1) is 5.82 Å². The molecule has 1 heterocycles. The van der Waals surface area contributed by atoms with Gasteiger partial charge in [0.2, 0.25) is 11.3 Å². The third kappa shape index (κ3) is 2.66. The van der Waals surface area contributed by atoms with Crippen LogP contribution in [-0.2, 0) is 11.3 Å². The van der Waals surface area contributed by atoms with Gasteiger partial charge in [0, 0.05) is 13.1 Å². The van der Waals surface area contributed by atoms with E-state index in [0.717, 1.165) is 18.4 Å². The first-order valence-electron chi connectivity index (χ1n) is 5.28. The molecule has 1 saturated heterocycles. The zero-order valence-electron chi connectivity index (χ0n) is 8.80. The van der Waals surface area contributed by atoms with Crippen LogP contribution in [0.3, 0.4) is 0 Å². The Morgan fingerprint density at radius 3 is 2.31 bits per heavy atom. The van der Waals surface area contributed by atoms with Crippen LogP contribution >= 0.6 is 0 Å². The van der Waals surface area contributed by atoms with E-state index < -0.39 is 11.3 Å². The second-order valence-corrected chi connectivity index (χ2v) is 4.96. The second kappa shape index (κ2) is 5.03. The molecule has 0 amide bonds. The quantitative estimate of drug-likeness (QED) is 0.808. The Labute approximate surface area is 96.7 Å². The molecule has 1 unspecified atom stereocenters. The van der Waals surface area contributed by atoms with Crippen LogP contribution in [0.2, 0.25) is 0 Å². The van der Waals surface area contributed by atoms with Crippen molar-refractivity contribution in [3.05, 3.63) is 35.6 Å². The lowest BCUT2D eigenvalue weighted by molar-refractivity contribution is 0.313. The zero-order chi connectivity index (χ0) is 11.5. The van der Waals surface area contributed by atoms with E-state index in [1.165, 1.54) is 12.1 Å².